The maximum absolute atomic E-state index is 13.3. The predicted molar refractivity (Wildman–Crippen MR) is 164 cm³/mol. The molecule has 212 valence electrons. The van der Waals surface area contributed by atoms with E-state index in [0.717, 1.165) is 27.6 Å². The van der Waals surface area contributed by atoms with Crippen LogP contribution in [0.3, 0.4) is 0 Å². The van der Waals surface area contributed by atoms with Crippen LogP contribution in [0.25, 0.3) is 22.0 Å². The van der Waals surface area contributed by atoms with Crippen molar-refractivity contribution in [3.8, 4) is 28.4 Å². The number of aromatic nitrogens is 1. The minimum atomic E-state index is -0.647. The van der Waals surface area contributed by atoms with E-state index in [9.17, 15) is 9.59 Å². The molecule has 4 aromatic carbocycles. The summed E-state index contributed by atoms with van der Waals surface area (Å²) in [7, 11) is 1.46. The van der Waals surface area contributed by atoms with Crippen LogP contribution < -0.4 is 19.6 Å². The Kier molecular flexibility index (Phi) is 8.55. The largest absolute Gasteiger partial charge is 0.496 e. The number of carbonyl (C=O) groups is 2. The number of esters is 1. The van der Waals surface area contributed by atoms with Gasteiger partial charge in [-0.25, -0.2) is 10.2 Å². The van der Waals surface area contributed by atoms with Gasteiger partial charge >= 0.3 is 5.97 Å². The van der Waals surface area contributed by atoms with E-state index in [1.807, 2.05) is 56.3 Å². The number of methoxy groups -OCH3 is 1. The molecule has 8 nitrogen and oxygen atoms in total. The fourth-order valence-corrected chi connectivity index (χ4v) is 4.73. The average Bonchev–Trinajstić information content (AvgIpc) is 3.37. The number of nitrogens with one attached hydrogen (secondary N) is 2. The highest BCUT2D eigenvalue weighted by Crippen LogP contribution is 2.34. The summed E-state index contributed by atoms with van der Waals surface area (Å²) in [5.74, 6) is -0.149. The molecule has 0 saturated heterocycles. The zero-order valence-electron chi connectivity index (χ0n) is 23.2. The normalized spacial score (nSPS) is 11.0. The first kappa shape index (κ1) is 28.4. The summed E-state index contributed by atoms with van der Waals surface area (Å²) in [5.41, 5.74) is 7.51. The van der Waals surface area contributed by atoms with Crippen molar-refractivity contribution in [1.82, 2.24) is 10.4 Å². The first-order valence-electron chi connectivity index (χ1n) is 13.2. The van der Waals surface area contributed by atoms with Gasteiger partial charge in [-0.3, -0.25) is 4.79 Å². The van der Waals surface area contributed by atoms with Crippen LogP contribution in [0, 0.1) is 6.92 Å². The fraction of sp³-hybridized carbons (Fsp3) is 0.121. The van der Waals surface area contributed by atoms with Crippen molar-refractivity contribution < 1.29 is 23.8 Å². The first-order chi connectivity index (χ1) is 20.4. The molecule has 2 N–H and O–H groups in total. The van der Waals surface area contributed by atoms with E-state index >= 15 is 0 Å². The monoisotopic (exact) mass is 581 g/mol. The summed E-state index contributed by atoms with van der Waals surface area (Å²) in [6.07, 6.45) is 1.49. The quantitative estimate of drug-likeness (QED) is 0.0830. The third-order valence-electron chi connectivity index (χ3n) is 6.48. The summed E-state index contributed by atoms with van der Waals surface area (Å²) < 4.78 is 16.6. The van der Waals surface area contributed by atoms with Gasteiger partial charge in [0.1, 0.15) is 17.0 Å². The number of halogens is 1. The van der Waals surface area contributed by atoms with Crippen molar-refractivity contribution in [2.45, 2.75) is 13.8 Å². The van der Waals surface area contributed by atoms with E-state index in [4.69, 9.17) is 25.8 Å². The van der Waals surface area contributed by atoms with Gasteiger partial charge in [-0.15, -0.1) is 0 Å². The lowest BCUT2D eigenvalue weighted by Gasteiger charge is -2.13. The van der Waals surface area contributed by atoms with E-state index in [-0.39, 0.29) is 17.2 Å². The molecule has 0 unspecified atom stereocenters. The van der Waals surface area contributed by atoms with Crippen molar-refractivity contribution in [2.75, 3.05) is 13.7 Å². The van der Waals surface area contributed by atoms with Crippen LogP contribution in [0.1, 0.15) is 38.9 Å². The molecule has 0 radical (unpaired) electrons. The number of ether oxygens (including phenoxy) is 3. The molecule has 1 amide bonds. The van der Waals surface area contributed by atoms with Gasteiger partial charge in [-0.1, -0.05) is 53.6 Å². The van der Waals surface area contributed by atoms with E-state index in [0.29, 0.717) is 34.4 Å². The predicted octanol–water partition coefficient (Wildman–Crippen LogP) is 7.19. The summed E-state index contributed by atoms with van der Waals surface area (Å²) in [6.45, 7) is 4.17. The van der Waals surface area contributed by atoms with E-state index < -0.39 is 5.97 Å². The molecule has 0 saturated carbocycles. The molecule has 42 heavy (non-hydrogen) atoms. The molecule has 0 bridgehead atoms. The van der Waals surface area contributed by atoms with E-state index in [2.05, 4.69) is 21.6 Å². The maximum atomic E-state index is 13.3. The second-order valence-corrected chi connectivity index (χ2v) is 9.80. The molecule has 5 rings (SSSR count). The lowest BCUT2D eigenvalue weighted by molar-refractivity contribution is 0.0724. The van der Waals surface area contributed by atoms with Gasteiger partial charge in [0.25, 0.3) is 5.91 Å². The standard InChI is InChI=1S/C33H28ClN3O5/c1-4-41-29-17-21(11-14-28(29)42-33(39)25-18-23(34)12-15-27(25)40-3)19-35-37-32(38)31-30(22-8-6-5-7-9-22)24-16-20(2)10-13-26(24)36-31/h5-19,36H,4H2,1-3H3,(H,37,38). The van der Waals surface area contributed by atoms with Crippen LogP contribution in [0.15, 0.2) is 90.0 Å². The third-order valence-corrected chi connectivity index (χ3v) is 6.71. The van der Waals surface area contributed by atoms with Gasteiger partial charge in [-0.2, -0.15) is 5.10 Å². The Balaban J connectivity index is 1.36. The van der Waals surface area contributed by atoms with Crippen molar-refractivity contribution in [1.29, 1.82) is 0 Å². The van der Waals surface area contributed by atoms with Crippen LogP contribution in [-0.2, 0) is 0 Å². The van der Waals surface area contributed by atoms with Crippen LogP contribution in [0.5, 0.6) is 17.2 Å². The lowest BCUT2D eigenvalue weighted by Crippen LogP contribution is -2.18. The Morgan fingerprint density at radius 3 is 2.50 bits per heavy atom. The number of hydrogen-bond donors (Lipinski definition) is 2. The SMILES string of the molecule is CCOc1cc(C=NNC(=O)c2[nH]c3ccc(C)cc3c2-c2ccccc2)ccc1OC(=O)c1cc(Cl)ccc1OC. The van der Waals surface area contributed by atoms with E-state index in [1.165, 1.54) is 19.4 Å². The highest BCUT2D eigenvalue weighted by atomic mass is 35.5. The van der Waals surface area contributed by atoms with Gasteiger partial charge in [0.2, 0.25) is 0 Å². The lowest BCUT2D eigenvalue weighted by atomic mass is 10.0. The molecule has 0 aliphatic heterocycles. The second kappa shape index (κ2) is 12.6. The Hall–Kier alpha value is -5.08. The summed E-state index contributed by atoms with van der Waals surface area (Å²) in [5, 5.41) is 5.50. The van der Waals surface area contributed by atoms with E-state index in [1.54, 1.807) is 30.3 Å². The molecule has 5 aromatic rings. The number of H-pyrrole nitrogens is 1. The zero-order valence-corrected chi connectivity index (χ0v) is 24.0. The highest BCUT2D eigenvalue weighted by Gasteiger charge is 2.20. The van der Waals surface area contributed by atoms with Crippen LogP contribution >= 0.6 is 11.6 Å². The Morgan fingerprint density at radius 1 is 0.952 bits per heavy atom. The topological polar surface area (TPSA) is 102 Å². The van der Waals surface area contributed by atoms with Crippen molar-refractivity contribution in [3.05, 3.63) is 112 Å². The Bertz CT molecular complexity index is 1800. The smallest absolute Gasteiger partial charge is 0.347 e. The number of hydrazone groups is 1. The molecule has 0 atom stereocenters. The summed E-state index contributed by atoms with van der Waals surface area (Å²) >= 11 is 6.06. The zero-order chi connectivity index (χ0) is 29.6. The maximum Gasteiger partial charge on any atom is 0.347 e. The van der Waals surface area contributed by atoms with Crippen LogP contribution in [-0.4, -0.2) is 36.8 Å². The fourth-order valence-electron chi connectivity index (χ4n) is 4.55. The van der Waals surface area contributed by atoms with Gasteiger partial charge < -0.3 is 19.2 Å². The molecule has 1 heterocycles. The molecule has 0 fully saturated rings. The van der Waals surface area contributed by atoms with Gasteiger partial charge in [0.05, 0.1) is 19.9 Å². The summed E-state index contributed by atoms with van der Waals surface area (Å²) in [4.78, 5) is 29.4. The van der Waals surface area contributed by atoms with Gasteiger partial charge in [0, 0.05) is 21.5 Å². The number of carbonyl (C=O) groups excluding carboxylic acids is 2. The van der Waals surface area contributed by atoms with Crippen molar-refractivity contribution >= 4 is 40.6 Å². The molecule has 0 aliphatic carbocycles. The number of benzene rings is 4. The van der Waals surface area contributed by atoms with Gasteiger partial charge in [-0.05, 0) is 73.5 Å². The molecule has 1 aromatic heterocycles. The number of amides is 1. The number of hydrogen-bond acceptors (Lipinski definition) is 6. The molecule has 0 aliphatic rings. The highest BCUT2D eigenvalue weighted by molar-refractivity contribution is 6.31. The number of nitrogens with zero attached hydrogens (tertiary/aromatic N) is 1. The van der Waals surface area contributed by atoms with Crippen molar-refractivity contribution in [3.63, 3.8) is 0 Å². The minimum Gasteiger partial charge on any atom is -0.496 e. The molecular weight excluding hydrogens is 554 g/mol. The average molecular weight is 582 g/mol. The Morgan fingerprint density at radius 2 is 1.74 bits per heavy atom. The molecular formula is C33H28ClN3O5. The van der Waals surface area contributed by atoms with Crippen molar-refractivity contribution in [2.24, 2.45) is 5.10 Å². The number of aryl methyl sites for hydroxylation is 1. The number of aromatic amines is 1. The summed E-state index contributed by atoms with van der Waals surface area (Å²) in [6, 6.07) is 25.4. The van der Waals surface area contributed by atoms with Gasteiger partial charge in [0.15, 0.2) is 11.5 Å². The molecule has 0 spiro atoms. The number of fused-ring (bicyclic) bond motifs is 1. The third kappa shape index (κ3) is 6.14. The first-order valence-corrected chi connectivity index (χ1v) is 13.6. The second-order valence-electron chi connectivity index (χ2n) is 9.36. The number of rotatable bonds is 9. The molecule has 9 heteroatoms. The van der Waals surface area contributed by atoms with Crippen LogP contribution in [0.4, 0.5) is 0 Å². The minimum absolute atomic E-state index is 0.183. The Labute approximate surface area is 247 Å². The van der Waals surface area contributed by atoms with Crippen LogP contribution in [0.2, 0.25) is 5.02 Å².